The van der Waals surface area contributed by atoms with Gasteiger partial charge < -0.3 is 10.4 Å². The van der Waals surface area contributed by atoms with E-state index < -0.39 is 25.4 Å². The number of carbonyl (C=O) groups excluding carboxylic acids is 1. The normalized spacial score (nSPS) is 20.3. The summed E-state index contributed by atoms with van der Waals surface area (Å²) in [7, 11) is -2.14. The summed E-state index contributed by atoms with van der Waals surface area (Å²) in [5.41, 5.74) is -1.72. The zero-order valence-corrected chi connectivity index (χ0v) is 14.7. The van der Waals surface area contributed by atoms with Gasteiger partial charge in [-0.15, -0.1) is 0 Å². The first-order chi connectivity index (χ1) is 10.7. The molecule has 7 heteroatoms. The fraction of sp³-hybridized carbons (Fsp3) is 0.250. The van der Waals surface area contributed by atoms with Gasteiger partial charge in [0.15, 0.2) is 0 Å². The van der Waals surface area contributed by atoms with Crippen LogP contribution in [0.4, 0.5) is 10.1 Å². The molecule has 120 valence electrons. The van der Waals surface area contributed by atoms with Crippen LogP contribution >= 0.6 is 11.6 Å². The summed E-state index contributed by atoms with van der Waals surface area (Å²) in [6.07, 6.45) is 1.31. The highest BCUT2D eigenvalue weighted by Gasteiger charge is 2.50. The lowest BCUT2D eigenvalue weighted by Crippen LogP contribution is -2.45. The Morgan fingerprint density at radius 3 is 2.61 bits per heavy atom. The van der Waals surface area contributed by atoms with Crippen molar-refractivity contribution in [1.82, 2.24) is 4.98 Å². The highest BCUT2D eigenvalue weighted by Crippen LogP contribution is 2.40. The van der Waals surface area contributed by atoms with Gasteiger partial charge in [-0.3, -0.25) is 9.78 Å². The monoisotopic (exact) mass is 350 g/mol. The molecule has 0 saturated heterocycles. The molecule has 0 bridgehead atoms. The molecule has 0 fully saturated rings. The lowest BCUT2D eigenvalue weighted by atomic mass is 9.91. The highest BCUT2D eigenvalue weighted by molar-refractivity contribution is 6.90. The van der Waals surface area contributed by atoms with E-state index in [0.29, 0.717) is 16.4 Å². The smallest absolute Gasteiger partial charge is 0.267 e. The van der Waals surface area contributed by atoms with Crippen LogP contribution in [0.15, 0.2) is 30.5 Å². The molecule has 1 aromatic heterocycles. The van der Waals surface area contributed by atoms with Gasteiger partial charge in [0.25, 0.3) is 5.91 Å². The van der Waals surface area contributed by atoms with Gasteiger partial charge in [-0.2, -0.15) is 0 Å². The predicted octanol–water partition coefficient (Wildman–Crippen LogP) is 2.61. The molecule has 0 aliphatic carbocycles. The third-order valence-corrected chi connectivity index (χ3v) is 6.39. The Morgan fingerprint density at radius 1 is 1.30 bits per heavy atom. The second kappa shape index (κ2) is 5.12. The number of rotatable bonds is 2. The van der Waals surface area contributed by atoms with E-state index in [1.807, 2.05) is 19.6 Å². The van der Waals surface area contributed by atoms with E-state index in [2.05, 4.69) is 10.3 Å². The Hall–Kier alpha value is -1.76. The molecule has 0 radical (unpaired) electrons. The number of para-hydroxylation sites is 1. The topological polar surface area (TPSA) is 62.2 Å². The van der Waals surface area contributed by atoms with Gasteiger partial charge in [0.1, 0.15) is 11.5 Å². The molecule has 2 heterocycles. The molecule has 1 unspecified atom stereocenters. The van der Waals surface area contributed by atoms with Crippen LogP contribution in [-0.2, 0) is 10.4 Å². The van der Waals surface area contributed by atoms with Crippen LogP contribution in [0, 0.1) is 5.82 Å². The standard InChI is InChI=1S/C16H16ClFN2O2Si/c1-23(2,3)13-10(17)8-19-14(12(13)18)16(22)9-6-4-5-7-11(9)20-15(16)21/h4-8,22H,1-3H3,(H,20,21). The van der Waals surface area contributed by atoms with Crippen molar-refractivity contribution in [3.63, 3.8) is 0 Å². The van der Waals surface area contributed by atoms with E-state index >= 15 is 4.39 Å². The molecule has 4 nitrogen and oxygen atoms in total. The number of halogens is 2. The Bertz CT molecular complexity index is 822. The first-order valence-corrected chi connectivity index (χ1v) is 11.0. The maximum absolute atomic E-state index is 15.1. The summed E-state index contributed by atoms with van der Waals surface area (Å²) in [5.74, 6) is -1.42. The zero-order valence-electron chi connectivity index (χ0n) is 12.9. The van der Waals surface area contributed by atoms with Crippen molar-refractivity contribution in [1.29, 1.82) is 0 Å². The fourth-order valence-corrected chi connectivity index (χ4v) is 5.42. The van der Waals surface area contributed by atoms with Crippen molar-refractivity contribution in [2.24, 2.45) is 0 Å². The lowest BCUT2D eigenvalue weighted by molar-refractivity contribution is -0.130. The third kappa shape index (κ3) is 2.29. The Labute approximate surface area is 139 Å². The maximum atomic E-state index is 15.1. The number of amides is 1. The molecule has 0 spiro atoms. The van der Waals surface area contributed by atoms with Crippen LogP contribution in [0.5, 0.6) is 0 Å². The molecule has 1 amide bonds. The zero-order chi connectivity index (χ0) is 17.0. The average molecular weight is 351 g/mol. The number of anilines is 1. The SMILES string of the molecule is C[Si](C)(C)c1c(Cl)cnc(C2(O)C(=O)Nc3ccccc32)c1F. The van der Waals surface area contributed by atoms with Gasteiger partial charge in [0.2, 0.25) is 5.60 Å². The van der Waals surface area contributed by atoms with E-state index in [9.17, 15) is 9.90 Å². The quantitative estimate of drug-likeness (QED) is 0.818. The number of benzene rings is 1. The van der Waals surface area contributed by atoms with E-state index in [4.69, 9.17) is 11.6 Å². The van der Waals surface area contributed by atoms with E-state index in [-0.39, 0.29) is 10.7 Å². The minimum Gasteiger partial charge on any atom is -0.370 e. The predicted molar refractivity (Wildman–Crippen MR) is 90.3 cm³/mol. The van der Waals surface area contributed by atoms with Crippen LogP contribution in [0.25, 0.3) is 0 Å². The molecule has 1 aliphatic heterocycles. The molecule has 0 saturated carbocycles. The first-order valence-electron chi connectivity index (χ1n) is 7.15. The number of hydrogen-bond acceptors (Lipinski definition) is 3. The Kier molecular flexibility index (Phi) is 3.59. The minimum absolute atomic E-state index is 0.223. The average Bonchev–Trinajstić information content (AvgIpc) is 2.70. The molecule has 3 rings (SSSR count). The number of aromatic nitrogens is 1. The maximum Gasteiger partial charge on any atom is 0.267 e. The number of nitrogens with one attached hydrogen (secondary N) is 1. The lowest BCUT2D eigenvalue weighted by Gasteiger charge is -2.25. The van der Waals surface area contributed by atoms with Crippen LogP contribution in [0.1, 0.15) is 11.3 Å². The van der Waals surface area contributed by atoms with Gasteiger partial charge in [-0.1, -0.05) is 49.4 Å². The summed E-state index contributed by atoms with van der Waals surface area (Å²) in [6.45, 7) is 5.81. The van der Waals surface area contributed by atoms with Gasteiger partial charge >= 0.3 is 0 Å². The van der Waals surface area contributed by atoms with Gasteiger partial charge in [0.05, 0.1) is 13.1 Å². The largest absolute Gasteiger partial charge is 0.370 e. The van der Waals surface area contributed by atoms with Crippen molar-refractivity contribution >= 4 is 36.5 Å². The summed E-state index contributed by atoms with van der Waals surface area (Å²) in [6, 6.07) is 6.64. The summed E-state index contributed by atoms with van der Waals surface area (Å²) in [4.78, 5) is 16.3. The van der Waals surface area contributed by atoms with E-state index in [0.717, 1.165) is 0 Å². The van der Waals surface area contributed by atoms with Crippen molar-refractivity contribution in [2.75, 3.05) is 5.32 Å². The second-order valence-electron chi connectivity index (χ2n) is 6.60. The first kappa shape index (κ1) is 16.1. The molecule has 1 aromatic carbocycles. The molecular weight excluding hydrogens is 335 g/mol. The summed E-state index contributed by atoms with van der Waals surface area (Å²) < 4.78 is 15.1. The molecule has 2 N–H and O–H groups in total. The van der Waals surface area contributed by atoms with E-state index in [1.54, 1.807) is 24.3 Å². The van der Waals surface area contributed by atoms with Gasteiger partial charge in [-0.25, -0.2) is 4.39 Å². The third-order valence-electron chi connectivity index (χ3n) is 3.96. The van der Waals surface area contributed by atoms with Crippen molar-refractivity contribution < 1.29 is 14.3 Å². The number of nitrogens with zero attached hydrogens (tertiary/aromatic N) is 1. The molecule has 1 aliphatic rings. The van der Waals surface area contributed by atoms with Gasteiger partial charge in [0, 0.05) is 17.4 Å². The van der Waals surface area contributed by atoms with Gasteiger partial charge in [-0.05, 0) is 11.3 Å². The number of hydrogen-bond donors (Lipinski definition) is 2. The number of aliphatic hydroxyl groups is 1. The van der Waals surface area contributed by atoms with Crippen LogP contribution in [0.3, 0.4) is 0 Å². The van der Waals surface area contributed by atoms with Crippen molar-refractivity contribution in [2.45, 2.75) is 25.2 Å². The van der Waals surface area contributed by atoms with Crippen LogP contribution in [0.2, 0.25) is 24.7 Å². The minimum atomic E-state index is -2.15. The van der Waals surface area contributed by atoms with Crippen LogP contribution in [-0.4, -0.2) is 24.1 Å². The summed E-state index contributed by atoms with van der Waals surface area (Å²) in [5, 5.41) is 14.2. The fourth-order valence-electron chi connectivity index (χ4n) is 2.88. The molecule has 1 atom stereocenters. The van der Waals surface area contributed by atoms with Crippen molar-refractivity contribution in [3.8, 4) is 0 Å². The van der Waals surface area contributed by atoms with Crippen molar-refractivity contribution in [3.05, 3.63) is 52.6 Å². The highest BCUT2D eigenvalue weighted by atomic mass is 35.5. The Balaban J connectivity index is 2.30. The number of fused-ring (bicyclic) bond motifs is 1. The van der Waals surface area contributed by atoms with E-state index in [1.165, 1.54) is 6.20 Å². The summed E-state index contributed by atoms with van der Waals surface area (Å²) >= 11 is 6.12. The molecule has 2 aromatic rings. The number of pyridine rings is 1. The molecule has 23 heavy (non-hydrogen) atoms. The Morgan fingerprint density at radius 2 is 1.96 bits per heavy atom. The molecular formula is C16H16ClFN2O2Si. The number of carbonyl (C=O) groups is 1. The van der Waals surface area contributed by atoms with Crippen LogP contribution < -0.4 is 10.5 Å². The second-order valence-corrected chi connectivity index (χ2v) is 12.0.